The lowest BCUT2D eigenvalue weighted by Gasteiger charge is -2.38. The predicted molar refractivity (Wildman–Crippen MR) is 133 cm³/mol. The van der Waals surface area contributed by atoms with Crippen LogP contribution in [-0.4, -0.2) is 54.4 Å². The highest BCUT2D eigenvalue weighted by atomic mass is 16.5. The van der Waals surface area contributed by atoms with Crippen molar-refractivity contribution in [3.05, 3.63) is 66.6 Å². The Morgan fingerprint density at radius 2 is 1.79 bits per heavy atom. The smallest absolute Gasteiger partial charge is 0.264 e. The molecular formula is C27H30N4O3. The van der Waals surface area contributed by atoms with Crippen LogP contribution in [0.1, 0.15) is 19.7 Å². The Bertz CT molecular complexity index is 1260. The number of piperazine rings is 1. The molecule has 5 rings (SSSR count). The van der Waals surface area contributed by atoms with Crippen molar-refractivity contribution in [2.24, 2.45) is 0 Å². The largest absolute Gasteiger partial charge is 0.496 e. The molecule has 176 valence electrons. The van der Waals surface area contributed by atoms with Crippen LogP contribution in [0.15, 0.2) is 65.2 Å². The van der Waals surface area contributed by atoms with Crippen molar-refractivity contribution >= 4 is 16.5 Å². The number of hydrogen-bond acceptors (Lipinski definition) is 7. The molecule has 2 heterocycles. The number of fused-ring (bicyclic) bond motifs is 1. The van der Waals surface area contributed by atoms with Gasteiger partial charge in [-0.25, -0.2) is 0 Å². The summed E-state index contributed by atoms with van der Waals surface area (Å²) in [6, 6.07) is 20.9. The molecule has 0 amide bonds. The van der Waals surface area contributed by atoms with Crippen LogP contribution in [0.5, 0.6) is 11.5 Å². The lowest BCUT2D eigenvalue weighted by molar-refractivity contribution is 0.209. The second-order valence-electron chi connectivity index (χ2n) is 8.78. The van der Waals surface area contributed by atoms with Crippen LogP contribution in [0, 0.1) is 0 Å². The third kappa shape index (κ3) is 4.56. The Labute approximate surface area is 199 Å². The molecule has 1 fully saturated rings. The Balaban J connectivity index is 1.32. The molecule has 34 heavy (non-hydrogen) atoms. The van der Waals surface area contributed by atoms with Gasteiger partial charge in [0.05, 0.1) is 12.7 Å². The third-order valence-corrected chi connectivity index (χ3v) is 6.39. The summed E-state index contributed by atoms with van der Waals surface area (Å²) in [7, 11) is 1.63. The maximum absolute atomic E-state index is 6.04. The van der Waals surface area contributed by atoms with Gasteiger partial charge >= 0.3 is 0 Å². The highest BCUT2D eigenvalue weighted by molar-refractivity contribution is 5.95. The molecule has 0 bridgehead atoms. The maximum Gasteiger partial charge on any atom is 0.264 e. The van der Waals surface area contributed by atoms with E-state index in [0.29, 0.717) is 23.5 Å². The zero-order chi connectivity index (χ0) is 23.5. The van der Waals surface area contributed by atoms with E-state index in [-0.39, 0.29) is 6.61 Å². The van der Waals surface area contributed by atoms with Crippen LogP contribution >= 0.6 is 0 Å². The number of nitrogens with zero attached hydrogens (tertiary/aromatic N) is 4. The zero-order valence-electron chi connectivity index (χ0n) is 19.9. The third-order valence-electron chi connectivity index (χ3n) is 6.39. The molecule has 0 saturated carbocycles. The average Bonchev–Trinajstić information content (AvgIpc) is 3.36. The summed E-state index contributed by atoms with van der Waals surface area (Å²) in [5.74, 6) is 2.38. The lowest BCUT2D eigenvalue weighted by atomic mass is 10.1. The molecule has 7 nitrogen and oxygen atoms in total. The van der Waals surface area contributed by atoms with E-state index >= 15 is 0 Å². The number of para-hydroxylation sites is 1. The molecule has 0 atom stereocenters. The van der Waals surface area contributed by atoms with Crippen molar-refractivity contribution in [3.63, 3.8) is 0 Å². The van der Waals surface area contributed by atoms with E-state index in [1.54, 1.807) is 7.11 Å². The first-order valence-electron chi connectivity index (χ1n) is 11.7. The molecule has 0 radical (unpaired) electrons. The monoisotopic (exact) mass is 458 g/mol. The van der Waals surface area contributed by atoms with E-state index in [2.05, 4.69) is 64.1 Å². The van der Waals surface area contributed by atoms with Crippen LogP contribution in [0.3, 0.4) is 0 Å². The maximum atomic E-state index is 6.04. The van der Waals surface area contributed by atoms with Crippen LogP contribution < -0.4 is 14.4 Å². The molecule has 0 spiro atoms. The fourth-order valence-corrected chi connectivity index (χ4v) is 4.48. The number of benzene rings is 3. The van der Waals surface area contributed by atoms with Crippen LogP contribution in [0.2, 0.25) is 0 Å². The summed E-state index contributed by atoms with van der Waals surface area (Å²) in [5.41, 5.74) is 2.04. The van der Waals surface area contributed by atoms with E-state index in [4.69, 9.17) is 14.0 Å². The first-order valence-corrected chi connectivity index (χ1v) is 11.7. The molecule has 0 aliphatic carbocycles. The van der Waals surface area contributed by atoms with Crippen LogP contribution in [0.25, 0.3) is 22.2 Å². The normalized spacial score (nSPS) is 14.6. The molecule has 3 aromatic carbocycles. The molecule has 1 aromatic heterocycles. The van der Waals surface area contributed by atoms with Crippen molar-refractivity contribution in [2.45, 2.75) is 26.5 Å². The average molecular weight is 459 g/mol. The fourth-order valence-electron chi connectivity index (χ4n) is 4.48. The second-order valence-corrected chi connectivity index (χ2v) is 8.78. The van der Waals surface area contributed by atoms with Gasteiger partial charge in [0.2, 0.25) is 5.82 Å². The molecular weight excluding hydrogens is 428 g/mol. The fraction of sp³-hybridized carbons (Fsp3) is 0.333. The summed E-state index contributed by atoms with van der Waals surface area (Å²) >= 11 is 0. The topological polar surface area (TPSA) is 63.9 Å². The van der Waals surface area contributed by atoms with Gasteiger partial charge in [-0.1, -0.05) is 35.5 Å². The zero-order valence-corrected chi connectivity index (χ0v) is 19.9. The first-order chi connectivity index (χ1) is 16.6. The van der Waals surface area contributed by atoms with Crippen LogP contribution in [-0.2, 0) is 6.61 Å². The van der Waals surface area contributed by atoms with Gasteiger partial charge in [-0.15, -0.1) is 0 Å². The van der Waals surface area contributed by atoms with E-state index in [1.165, 1.54) is 16.5 Å². The summed E-state index contributed by atoms with van der Waals surface area (Å²) in [6.07, 6.45) is 0. The Kier molecular flexibility index (Phi) is 6.36. The van der Waals surface area contributed by atoms with E-state index in [9.17, 15) is 0 Å². The molecule has 7 heteroatoms. The van der Waals surface area contributed by atoms with Gasteiger partial charge in [-0.2, -0.15) is 4.98 Å². The molecule has 1 aliphatic rings. The Morgan fingerprint density at radius 3 is 2.59 bits per heavy atom. The molecule has 0 N–H and O–H groups in total. The number of aromatic nitrogens is 2. The summed E-state index contributed by atoms with van der Waals surface area (Å²) in [5, 5.41) is 6.49. The number of ether oxygens (including phenoxy) is 2. The predicted octanol–water partition coefficient (Wildman–Crippen LogP) is 5.01. The summed E-state index contributed by atoms with van der Waals surface area (Å²) < 4.78 is 16.9. The standard InChI is InChI=1S/C27H30N4O3/c1-19(2)30-13-15-31(16-14-30)24-9-6-7-20-11-12-21(17-23(20)24)33-18-26-28-27(29-34-26)22-8-4-5-10-25(22)32-3/h4-12,17,19H,13-16,18H2,1-3H3. The van der Waals surface area contributed by atoms with Gasteiger partial charge in [0.15, 0.2) is 6.61 Å². The Morgan fingerprint density at radius 1 is 0.971 bits per heavy atom. The van der Waals surface area contributed by atoms with Crippen molar-refractivity contribution in [1.29, 1.82) is 0 Å². The van der Waals surface area contributed by atoms with E-state index in [1.807, 2.05) is 30.3 Å². The Hall–Kier alpha value is -3.58. The minimum absolute atomic E-state index is 0.197. The van der Waals surface area contributed by atoms with Crippen molar-refractivity contribution in [2.75, 3.05) is 38.2 Å². The number of methoxy groups -OCH3 is 1. The van der Waals surface area contributed by atoms with E-state index in [0.717, 1.165) is 37.5 Å². The van der Waals surface area contributed by atoms with Gasteiger partial charge in [-0.3, -0.25) is 4.90 Å². The second kappa shape index (κ2) is 9.73. The van der Waals surface area contributed by atoms with Gasteiger partial charge in [-0.05, 0) is 49.6 Å². The van der Waals surface area contributed by atoms with Crippen molar-refractivity contribution in [3.8, 4) is 22.9 Å². The van der Waals surface area contributed by atoms with Gasteiger partial charge in [0, 0.05) is 43.3 Å². The quantitative estimate of drug-likeness (QED) is 0.386. The molecule has 1 aliphatic heterocycles. The van der Waals surface area contributed by atoms with Gasteiger partial charge in [0.1, 0.15) is 11.5 Å². The van der Waals surface area contributed by atoms with Gasteiger partial charge in [0.25, 0.3) is 5.89 Å². The van der Waals surface area contributed by atoms with Crippen LogP contribution in [0.4, 0.5) is 5.69 Å². The first kappa shape index (κ1) is 22.2. The minimum atomic E-state index is 0.197. The summed E-state index contributed by atoms with van der Waals surface area (Å²) in [4.78, 5) is 9.49. The number of rotatable bonds is 7. The molecule has 1 saturated heterocycles. The number of anilines is 1. The minimum Gasteiger partial charge on any atom is -0.496 e. The SMILES string of the molecule is COc1ccccc1-c1noc(COc2ccc3cccc(N4CCN(C(C)C)CC4)c3c2)n1. The van der Waals surface area contributed by atoms with Crippen molar-refractivity contribution < 1.29 is 14.0 Å². The molecule has 0 unspecified atom stereocenters. The van der Waals surface area contributed by atoms with Gasteiger partial charge < -0.3 is 18.9 Å². The lowest BCUT2D eigenvalue weighted by Crippen LogP contribution is -2.48. The summed E-state index contributed by atoms with van der Waals surface area (Å²) in [6.45, 7) is 8.93. The highest BCUT2D eigenvalue weighted by Crippen LogP contribution is 2.32. The highest BCUT2D eigenvalue weighted by Gasteiger charge is 2.20. The number of hydrogen-bond donors (Lipinski definition) is 0. The van der Waals surface area contributed by atoms with E-state index < -0.39 is 0 Å². The van der Waals surface area contributed by atoms with Crippen molar-refractivity contribution in [1.82, 2.24) is 15.0 Å². The molecule has 4 aromatic rings.